The zero-order chi connectivity index (χ0) is 9.84. The van der Waals surface area contributed by atoms with Crippen LogP contribution in [0.1, 0.15) is 11.1 Å². The second-order valence-electron chi connectivity index (χ2n) is 2.93. The second-order valence-corrected chi connectivity index (χ2v) is 4.42. The number of thioether (sulfide) groups is 1. The van der Waals surface area contributed by atoms with E-state index in [2.05, 4.69) is 37.4 Å². The maximum atomic E-state index is 5.09. The molecule has 1 rings (SSSR count). The number of benzene rings is 1. The maximum Gasteiger partial charge on any atom is 0.137 e. The lowest BCUT2D eigenvalue weighted by atomic mass is 10.1. The average molecular weight is 211 g/mol. The number of aryl methyl sites for hydroxylation is 2. The molecular weight excluding hydrogens is 198 g/mol. The van der Waals surface area contributed by atoms with E-state index in [4.69, 9.17) is 12.2 Å². The maximum absolute atomic E-state index is 5.09. The summed E-state index contributed by atoms with van der Waals surface area (Å²) in [4.78, 5) is 0. The summed E-state index contributed by atoms with van der Waals surface area (Å²) in [5.41, 5.74) is 3.58. The third kappa shape index (κ3) is 3.01. The third-order valence-electron chi connectivity index (χ3n) is 1.82. The van der Waals surface area contributed by atoms with Crippen LogP contribution in [0, 0.1) is 13.8 Å². The topological polar surface area (TPSA) is 12.0 Å². The highest BCUT2D eigenvalue weighted by Crippen LogP contribution is 2.17. The Hall–Kier alpha value is -0.540. The summed E-state index contributed by atoms with van der Waals surface area (Å²) in [5, 5.41) is 3.20. The molecule has 0 unspecified atom stereocenters. The molecule has 0 atom stereocenters. The fourth-order valence-electron chi connectivity index (χ4n) is 1.03. The Balaban J connectivity index is 2.87. The van der Waals surface area contributed by atoms with Crippen LogP contribution in [0.15, 0.2) is 18.2 Å². The fraction of sp³-hybridized carbons (Fsp3) is 0.300. The second kappa shape index (κ2) is 4.63. The molecule has 0 heterocycles. The molecule has 0 aliphatic carbocycles. The quantitative estimate of drug-likeness (QED) is 0.715. The molecule has 0 spiro atoms. The van der Waals surface area contributed by atoms with E-state index in [1.807, 2.05) is 6.26 Å². The molecule has 0 amide bonds. The summed E-state index contributed by atoms with van der Waals surface area (Å²) < 4.78 is 0.814. The highest BCUT2D eigenvalue weighted by molar-refractivity contribution is 8.22. The monoisotopic (exact) mass is 211 g/mol. The predicted molar refractivity (Wildman–Crippen MR) is 65.7 cm³/mol. The first-order chi connectivity index (χ1) is 6.13. The van der Waals surface area contributed by atoms with E-state index in [0.717, 1.165) is 10.0 Å². The third-order valence-corrected chi connectivity index (χ3v) is 2.89. The number of hydrogen-bond acceptors (Lipinski definition) is 2. The summed E-state index contributed by atoms with van der Waals surface area (Å²) in [7, 11) is 0. The molecule has 1 nitrogen and oxygen atoms in total. The van der Waals surface area contributed by atoms with Crippen molar-refractivity contribution < 1.29 is 0 Å². The number of hydrogen-bond donors (Lipinski definition) is 1. The number of anilines is 1. The van der Waals surface area contributed by atoms with Crippen molar-refractivity contribution in [2.24, 2.45) is 0 Å². The zero-order valence-electron chi connectivity index (χ0n) is 8.05. The minimum atomic E-state index is 0.814. The minimum absolute atomic E-state index is 0.814. The lowest BCUT2D eigenvalue weighted by molar-refractivity contribution is 1.39. The fourth-order valence-corrected chi connectivity index (χ4v) is 1.35. The molecule has 0 saturated carbocycles. The average Bonchev–Trinajstić information content (AvgIpc) is 2.11. The van der Waals surface area contributed by atoms with Crippen LogP contribution in [0.2, 0.25) is 0 Å². The van der Waals surface area contributed by atoms with Gasteiger partial charge in [0, 0.05) is 5.69 Å². The van der Waals surface area contributed by atoms with E-state index >= 15 is 0 Å². The summed E-state index contributed by atoms with van der Waals surface area (Å²) >= 11 is 6.65. The number of rotatable bonds is 1. The smallest absolute Gasteiger partial charge is 0.137 e. The van der Waals surface area contributed by atoms with Crippen molar-refractivity contribution in [3.63, 3.8) is 0 Å². The summed E-state index contributed by atoms with van der Waals surface area (Å²) in [6.45, 7) is 4.15. The first-order valence-corrected chi connectivity index (χ1v) is 5.69. The van der Waals surface area contributed by atoms with Crippen LogP contribution in [0.4, 0.5) is 5.69 Å². The lowest BCUT2D eigenvalue weighted by Gasteiger charge is -2.09. The molecule has 1 aromatic carbocycles. The largest absolute Gasteiger partial charge is 0.341 e. The Morgan fingerprint density at radius 2 is 2.08 bits per heavy atom. The molecule has 1 aromatic rings. The van der Waals surface area contributed by atoms with Crippen LogP contribution in [0.3, 0.4) is 0 Å². The van der Waals surface area contributed by atoms with Crippen molar-refractivity contribution in [1.29, 1.82) is 0 Å². The van der Waals surface area contributed by atoms with Crippen LogP contribution >= 0.6 is 24.0 Å². The molecular formula is C10H13NS2. The van der Waals surface area contributed by atoms with Crippen molar-refractivity contribution in [2.45, 2.75) is 13.8 Å². The van der Waals surface area contributed by atoms with Crippen molar-refractivity contribution in [3.05, 3.63) is 29.3 Å². The van der Waals surface area contributed by atoms with Gasteiger partial charge in [-0.1, -0.05) is 24.4 Å². The van der Waals surface area contributed by atoms with Crippen LogP contribution < -0.4 is 5.32 Å². The van der Waals surface area contributed by atoms with Gasteiger partial charge >= 0.3 is 0 Å². The van der Waals surface area contributed by atoms with Gasteiger partial charge in [0.15, 0.2) is 0 Å². The molecule has 1 N–H and O–H groups in total. The molecule has 0 aliphatic rings. The van der Waals surface area contributed by atoms with Gasteiger partial charge in [0.1, 0.15) is 4.32 Å². The van der Waals surface area contributed by atoms with Gasteiger partial charge in [-0.2, -0.15) is 0 Å². The number of nitrogens with one attached hydrogen (secondary N) is 1. The van der Waals surface area contributed by atoms with Gasteiger partial charge in [-0.3, -0.25) is 0 Å². The highest BCUT2D eigenvalue weighted by atomic mass is 32.2. The zero-order valence-corrected chi connectivity index (χ0v) is 9.68. The Morgan fingerprint density at radius 1 is 1.38 bits per heavy atom. The van der Waals surface area contributed by atoms with Gasteiger partial charge in [0.2, 0.25) is 0 Å². The Kier molecular flexibility index (Phi) is 3.75. The molecule has 13 heavy (non-hydrogen) atoms. The molecule has 0 bridgehead atoms. The summed E-state index contributed by atoms with van der Waals surface area (Å²) in [5.74, 6) is 0. The molecule has 70 valence electrons. The van der Waals surface area contributed by atoms with E-state index in [-0.39, 0.29) is 0 Å². The van der Waals surface area contributed by atoms with Gasteiger partial charge in [0.05, 0.1) is 0 Å². The molecule has 0 fully saturated rings. The molecule has 3 heteroatoms. The molecule has 0 radical (unpaired) electrons. The molecule has 0 aromatic heterocycles. The van der Waals surface area contributed by atoms with Gasteiger partial charge in [-0.05, 0) is 37.3 Å². The molecule has 0 saturated heterocycles. The summed E-state index contributed by atoms with van der Waals surface area (Å²) in [6, 6.07) is 6.31. The van der Waals surface area contributed by atoms with Crippen LogP contribution in [0.25, 0.3) is 0 Å². The Labute approximate surface area is 88.9 Å². The van der Waals surface area contributed by atoms with Crippen LogP contribution in [-0.2, 0) is 0 Å². The summed E-state index contributed by atoms with van der Waals surface area (Å²) in [6.07, 6.45) is 1.97. The van der Waals surface area contributed by atoms with E-state index in [1.165, 1.54) is 11.1 Å². The Bertz CT molecular complexity index is 321. The van der Waals surface area contributed by atoms with E-state index in [0.29, 0.717) is 0 Å². The lowest BCUT2D eigenvalue weighted by Crippen LogP contribution is -2.05. The van der Waals surface area contributed by atoms with Gasteiger partial charge in [-0.15, -0.1) is 11.8 Å². The Morgan fingerprint density at radius 3 is 2.69 bits per heavy atom. The SMILES string of the molecule is CSC(=S)Nc1cc(C)ccc1C. The predicted octanol–water partition coefficient (Wildman–Crippen LogP) is 3.36. The van der Waals surface area contributed by atoms with E-state index < -0.39 is 0 Å². The molecule has 0 aliphatic heterocycles. The minimum Gasteiger partial charge on any atom is -0.341 e. The highest BCUT2D eigenvalue weighted by Gasteiger charge is 1.99. The first kappa shape index (κ1) is 10.5. The first-order valence-electron chi connectivity index (χ1n) is 4.05. The van der Waals surface area contributed by atoms with Crippen molar-refractivity contribution in [1.82, 2.24) is 0 Å². The normalized spacial score (nSPS) is 9.77. The van der Waals surface area contributed by atoms with Crippen molar-refractivity contribution in [2.75, 3.05) is 11.6 Å². The van der Waals surface area contributed by atoms with E-state index in [9.17, 15) is 0 Å². The van der Waals surface area contributed by atoms with E-state index in [1.54, 1.807) is 11.8 Å². The number of thiocarbonyl (C=S) groups is 1. The standard InChI is InChI=1S/C10H13NS2/c1-7-4-5-8(2)9(6-7)11-10(12)13-3/h4-6H,1-3H3,(H,11,12). The van der Waals surface area contributed by atoms with Crippen LogP contribution in [-0.4, -0.2) is 10.6 Å². The van der Waals surface area contributed by atoms with Crippen molar-refractivity contribution in [3.8, 4) is 0 Å². The van der Waals surface area contributed by atoms with Gasteiger partial charge in [0.25, 0.3) is 0 Å². The van der Waals surface area contributed by atoms with Crippen LogP contribution in [0.5, 0.6) is 0 Å². The van der Waals surface area contributed by atoms with Crippen molar-refractivity contribution >= 4 is 34.0 Å². The van der Waals surface area contributed by atoms with Gasteiger partial charge in [-0.25, -0.2) is 0 Å². The van der Waals surface area contributed by atoms with Gasteiger partial charge < -0.3 is 5.32 Å².